The molecule has 3 N–H and O–H groups in total. The maximum atomic E-state index is 10.7. The molecule has 0 fully saturated rings. The smallest absolute Gasteiger partial charge is 0.401 e. The molecule has 0 bridgehead atoms. The fourth-order valence-corrected chi connectivity index (χ4v) is 8.86. The van der Waals surface area contributed by atoms with Gasteiger partial charge in [-0.1, -0.05) is 121 Å². The highest BCUT2D eigenvalue weighted by Crippen LogP contribution is 1.98. The van der Waals surface area contributed by atoms with Crippen LogP contribution in [-0.2, 0) is 0 Å². The Morgan fingerprint density at radius 1 is 0.400 bits per heavy atom. The summed E-state index contributed by atoms with van der Waals surface area (Å²) in [5.41, 5.74) is 0. The van der Waals surface area contributed by atoms with Crippen molar-refractivity contribution in [1.29, 1.82) is 0 Å². The maximum absolute atomic E-state index is 10.7. The lowest BCUT2D eigenvalue weighted by atomic mass is 10.4. The highest BCUT2D eigenvalue weighted by Gasteiger charge is 2.34. The third-order valence-corrected chi connectivity index (χ3v) is 13.7. The van der Waals surface area contributed by atoms with E-state index in [1.165, 1.54) is 0 Å². The molecule has 0 heterocycles. The van der Waals surface area contributed by atoms with Crippen molar-refractivity contribution in [2.45, 2.75) is 0 Å². The van der Waals surface area contributed by atoms with Crippen molar-refractivity contribution in [3.8, 4) is 0 Å². The molecule has 0 radical (unpaired) electrons. The van der Waals surface area contributed by atoms with Crippen LogP contribution in [0.15, 0.2) is 121 Å². The van der Waals surface area contributed by atoms with Gasteiger partial charge in [0.2, 0.25) is 7.83 Å². The normalized spacial score (nSPS) is 11.4. The minimum Gasteiger partial charge on any atom is -0.427 e. The van der Waals surface area contributed by atoms with Crippen molar-refractivity contribution in [3.05, 3.63) is 121 Å². The van der Waals surface area contributed by atoms with E-state index < -0.39 is 16.4 Å². The summed E-state index contributed by atoms with van der Waals surface area (Å²) in [6.45, 7) is 0. The molecule has 0 saturated heterocycles. The standard InChI is InChI=1S/C12H12O2Si.C12H14OSi2/c2*13-15(14,11-7-3-1-4-8-11)12-9-5-2-6-10-12/h1-10,13-14H;1-10,13H,14H3. The van der Waals surface area contributed by atoms with Gasteiger partial charge in [0.1, 0.15) is 0 Å². The van der Waals surface area contributed by atoms with Crippen molar-refractivity contribution >= 4 is 46.9 Å². The van der Waals surface area contributed by atoms with E-state index >= 15 is 0 Å². The number of rotatable bonds is 4. The van der Waals surface area contributed by atoms with Crippen LogP contribution in [0.1, 0.15) is 0 Å². The van der Waals surface area contributed by atoms with Gasteiger partial charge in [0.15, 0.2) is 0 Å². The molecule has 0 atom stereocenters. The molecule has 0 saturated carbocycles. The molecule has 0 spiro atoms. The number of hydrogen-bond acceptors (Lipinski definition) is 3. The van der Waals surface area contributed by atoms with Crippen molar-refractivity contribution < 1.29 is 14.4 Å². The molecular formula is C24H26O3Si3. The Labute approximate surface area is 182 Å². The van der Waals surface area contributed by atoms with E-state index in [4.69, 9.17) is 0 Å². The highest BCUT2D eigenvalue weighted by atomic mass is 29.2. The molecule has 0 aliphatic carbocycles. The largest absolute Gasteiger partial charge is 0.427 e. The van der Waals surface area contributed by atoms with Gasteiger partial charge < -0.3 is 14.4 Å². The summed E-state index contributed by atoms with van der Waals surface area (Å²) in [7, 11) is -4.95. The lowest BCUT2D eigenvalue weighted by molar-refractivity contribution is 0.401. The number of benzene rings is 4. The summed E-state index contributed by atoms with van der Waals surface area (Å²) in [5.74, 6) is 0. The third kappa shape index (κ3) is 5.31. The molecule has 6 heteroatoms. The second kappa shape index (κ2) is 9.94. The SMILES string of the molecule is O[Si](O)(c1ccccc1)c1ccccc1.O[Si]([SiH3])(c1ccccc1)c1ccccc1. The van der Waals surface area contributed by atoms with Gasteiger partial charge >= 0.3 is 8.56 Å². The highest BCUT2D eigenvalue weighted by molar-refractivity contribution is 7.27. The van der Waals surface area contributed by atoms with Crippen LogP contribution in [0.4, 0.5) is 0 Å². The third-order valence-electron chi connectivity index (χ3n) is 5.02. The fourth-order valence-electron chi connectivity index (χ4n) is 3.20. The van der Waals surface area contributed by atoms with Gasteiger partial charge in [-0.15, -0.1) is 0 Å². The molecule has 4 rings (SSSR count). The Hall–Kier alpha value is -2.59. The van der Waals surface area contributed by atoms with E-state index in [0.717, 1.165) is 20.1 Å². The van der Waals surface area contributed by atoms with E-state index in [2.05, 4.69) is 0 Å². The number of hydrogen-bond donors (Lipinski definition) is 3. The molecule has 152 valence electrons. The molecule has 30 heavy (non-hydrogen) atoms. The van der Waals surface area contributed by atoms with Gasteiger partial charge in [0.05, 0.1) is 0 Å². The van der Waals surface area contributed by atoms with Gasteiger partial charge in [-0.3, -0.25) is 0 Å². The van der Waals surface area contributed by atoms with E-state index in [0.29, 0.717) is 10.4 Å². The first kappa shape index (κ1) is 22.1. The first-order valence-corrected chi connectivity index (χ1v) is 17.2. The Kier molecular flexibility index (Phi) is 7.33. The summed E-state index contributed by atoms with van der Waals surface area (Å²) < 4.78 is 0. The first-order valence-electron chi connectivity index (χ1n) is 9.81. The minimum atomic E-state index is -3.46. The summed E-state index contributed by atoms with van der Waals surface area (Å²) in [6, 6.07) is 38.1. The molecule has 3 nitrogen and oxygen atoms in total. The van der Waals surface area contributed by atoms with Crippen molar-refractivity contribution in [3.63, 3.8) is 0 Å². The first-order chi connectivity index (χ1) is 14.4. The zero-order valence-corrected chi connectivity index (χ0v) is 20.9. The zero-order valence-electron chi connectivity index (χ0n) is 16.9. The van der Waals surface area contributed by atoms with Crippen LogP contribution in [0.5, 0.6) is 0 Å². The molecule has 0 unspecified atom stereocenters. The summed E-state index contributed by atoms with van der Waals surface area (Å²) >= 11 is 0. The average Bonchev–Trinajstić information content (AvgIpc) is 2.82. The summed E-state index contributed by atoms with van der Waals surface area (Å²) in [4.78, 5) is 31.0. The van der Waals surface area contributed by atoms with Crippen molar-refractivity contribution in [2.75, 3.05) is 0 Å². The van der Waals surface area contributed by atoms with Crippen molar-refractivity contribution in [1.82, 2.24) is 0 Å². The van der Waals surface area contributed by atoms with E-state index in [1.54, 1.807) is 24.3 Å². The zero-order chi connectivity index (χ0) is 21.5. The lowest BCUT2D eigenvalue weighted by Crippen LogP contribution is -2.59. The molecule has 0 aromatic heterocycles. The Balaban J connectivity index is 0.000000171. The molecule has 0 aliphatic rings. The summed E-state index contributed by atoms with van der Waals surface area (Å²) in [6.07, 6.45) is 0. The molecule has 4 aromatic carbocycles. The molecule has 4 aromatic rings. The maximum Gasteiger partial charge on any atom is 0.401 e. The van der Waals surface area contributed by atoms with Crippen LogP contribution in [0.3, 0.4) is 0 Å². The van der Waals surface area contributed by atoms with Gasteiger partial charge in [-0.2, -0.15) is 0 Å². The van der Waals surface area contributed by atoms with Gasteiger partial charge in [-0.25, -0.2) is 0 Å². The van der Waals surface area contributed by atoms with E-state index in [-0.39, 0.29) is 0 Å². The van der Waals surface area contributed by atoms with Crippen LogP contribution in [0.2, 0.25) is 0 Å². The molecule has 0 aliphatic heterocycles. The summed E-state index contributed by atoms with van der Waals surface area (Å²) in [5, 5.41) is 3.44. The minimum absolute atomic E-state index is 0.608. The van der Waals surface area contributed by atoms with Crippen molar-refractivity contribution in [2.24, 2.45) is 0 Å². The topological polar surface area (TPSA) is 60.7 Å². The van der Waals surface area contributed by atoms with E-state index in [1.807, 2.05) is 97.1 Å². The second-order valence-corrected chi connectivity index (χ2v) is 17.3. The Bertz CT molecular complexity index is 856. The van der Waals surface area contributed by atoms with Crippen LogP contribution in [-0.4, -0.2) is 40.5 Å². The quantitative estimate of drug-likeness (QED) is 0.382. The van der Waals surface area contributed by atoms with Crippen LogP contribution < -0.4 is 20.7 Å². The Morgan fingerprint density at radius 2 is 0.633 bits per heavy atom. The average molecular weight is 447 g/mol. The molecular weight excluding hydrogens is 421 g/mol. The Morgan fingerprint density at radius 3 is 0.900 bits per heavy atom. The fraction of sp³-hybridized carbons (Fsp3) is 0. The lowest BCUT2D eigenvalue weighted by Gasteiger charge is -2.21. The monoisotopic (exact) mass is 446 g/mol. The van der Waals surface area contributed by atoms with Gasteiger partial charge in [-0.05, 0) is 20.7 Å². The predicted molar refractivity (Wildman–Crippen MR) is 132 cm³/mol. The van der Waals surface area contributed by atoms with Crippen LogP contribution >= 0.6 is 0 Å². The van der Waals surface area contributed by atoms with Gasteiger partial charge in [0, 0.05) is 9.76 Å². The van der Waals surface area contributed by atoms with Crippen LogP contribution in [0.25, 0.3) is 0 Å². The second-order valence-electron chi connectivity index (χ2n) is 7.21. The van der Waals surface area contributed by atoms with Gasteiger partial charge in [0.25, 0.3) is 0 Å². The van der Waals surface area contributed by atoms with Crippen LogP contribution in [0, 0.1) is 0 Å². The predicted octanol–water partition coefficient (Wildman–Crippen LogP) is -0.172. The molecule has 0 amide bonds. The van der Waals surface area contributed by atoms with E-state index in [9.17, 15) is 14.4 Å².